The topological polar surface area (TPSA) is 72.1 Å². The molecule has 0 aromatic carbocycles. The number of pyridine rings is 1. The van der Waals surface area contributed by atoms with E-state index < -0.39 is 0 Å². The number of aromatic nitrogens is 3. The molecule has 0 saturated carbocycles. The first-order chi connectivity index (χ1) is 11.2. The summed E-state index contributed by atoms with van der Waals surface area (Å²) >= 11 is 0. The lowest BCUT2D eigenvalue weighted by molar-refractivity contribution is 0.0905. The van der Waals surface area contributed by atoms with Crippen molar-refractivity contribution in [1.82, 2.24) is 20.5 Å². The van der Waals surface area contributed by atoms with Crippen LogP contribution in [-0.4, -0.2) is 35.4 Å². The van der Waals surface area contributed by atoms with Crippen LogP contribution < -0.4 is 10.1 Å². The first-order valence-corrected chi connectivity index (χ1v) is 8.01. The minimum atomic E-state index is 0.137. The minimum Gasteiger partial charge on any atom is -0.481 e. The number of H-pyrrole nitrogens is 1. The number of nitrogens with one attached hydrogen (secondary N) is 2. The van der Waals surface area contributed by atoms with Crippen molar-refractivity contribution in [2.45, 2.75) is 32.9 Å². The Bertz CT molecular complexity index is 619. The van der Waals surface area contributed by atoms with Crippen molar-refractivity contribution >= 4 is 0 Å². The number of aryl methyl sites for hydroxylation is 2. The van der Waals surface area contributed by atoms with E-state index in [-0.39, 0.29) is 6.10 Å². The van der Waals surface area contributed by atoms with Gasteiger partial charge in [-0.2, -0.15) is 5.10 Å². The molecule has 124 valence electrons. The molecule has 2 atom stereocenters. The maximum absolute atomic E-state index is 5.86. The summed E-state index contributed by atoms with van der Waals surface area (Å²) < 4.78 is 11.1. The predicted molar refractivity (Wildman–Crippen MR) is 87.4 cm³/mol. The molecular formula is C17H24N4O2. The molecule has 0 radical (unpaired) electrons. The average Bonchev–Trinajstić information content (AvgIpc) is 3.20. The fourth-order valence-corrected chi connectivity index (χ4v) is 3.20. The molecule has 6 heteroatoms. The van der Waals surface area contributed by atoms with Crippen LogP contribution in [0.3, 0.4) is 0 Å². The van der Waals surface area contributed by atoms with E-state index in [9.17, 15) is 0 Å². The first-order valence-electron chi connectivity index (χ1n) is 8.01. The number of ether oxygens (including phenoxy) is 2. The maximum Gasteiger partial charge on any atom is 0.213 e. The zero-order valence-corrected chi connectivity index (χ0v) is 13.9. The number of aromatic amines is 1. The molecule has 3 rings (SSSR count). The van der Waals surface area contributed by atoms with Gasteiger partial charge in [0, 0.05) is 49.1 Å². The minimum absolute atomic E-state index is 0.137. The number of hydrogen-bond acceptors (Lipinski definition) is 5. The van der Waals surface area contributed by atoms with E-state index in [4.69, 9.17) is 9.47 Å². The van der Waals surface area contributed by atoms with E-state index in [1.165, 1.54) is 11.1 Å². The highest BCUT2D eigenvalue weighted by Gasteiger charge is 2.29. The highest BCUT2D eigenvalue weighted by atomic mass is 16.5. The largest absolute Gasteiger partial charge is 0.481 e. The van der Waals surface area contributed by atoms with Crippen LogP contribution in [0.4, 0.5) is 0 Å². The molecule has 1 fully saturated rings. The van der Waals surface area contributed by atoms with Crippen molar-refractivity contribution in [3.05, 3.63) is 40.8 Å². The smallest absolute Gasteiger partial charge is 0.213 e. The molecule has 1 saturated heterocycles. The monoisotopic (exact) mass is 316 g/mol. The van der Waals surface area contributed by atoms with Gasteiger partial charge in [0.1, 0.15) is 0 Å². The Labute approximate surface area is 136 Å². The van der Waals surface area contributed by atoms with Crippen LogP contribution in [-0.2, 0) is 11.3 Å². The van der Waals surface area contributed by atoms with Crippen LogP contribution >= 0.6 is 0 Å². The summed E-state index contributed by atoms with van der Waals surface area (Å²) in [6.07, 6.45) is 4.98. The van der Waals surface area contributed by atoms with Gasteiger partial charge in [0.05, 0.1) is 19.4 Å². The van der Waals surface area contributed by atoms with Gasteiger partial charge in [0.15, 0.2) is 0 Å². The molecule has 23 heavy (non-hydrogen) atoms. The Kier molecular flexibility index (Phi) is 4.93. The van der Waals surface area contributed by atoms with Crippen LogP contribution in [0.5, 0.6) is 5.88 Å². The second kappa shape index (κ2) is 7.10. The molecule has 6 nitrogen and oxygen atoms in total. The van der Waals surface area contributed by atoms with Crippen molar-refractivity contribution in [1.29, 1.82) is 0 Å². The van der Waals surface area contributed by atoms with Crippen LogP contribution in [0.25, 0.3) is 0 Å². The van der Waals surface area contributed by atoms with Gasteiger partial charge in [-0.05, 0) is 31.4 Å². The normalized spacial score (nSPS) is 20.8. The lowest BCUT2D eigenvalue weighted by atomic mass is 9.97. The second-order valence-electron chi connectivity index (χ2n) is 6.05. The molecule has 0 spiro atoms. The van der Waals surface area contributed by atoms with Crippen molar-refractivity contribution < 1.29 is 9.47 Å². The quantitative estimate of drug-likeness (QED) is 0.855. The summed E-state index contributed by atoms with van der Waals surface area (Å²) in [5, 5.41) is 10.5. The zero-order valence-electron chi connectivity index (χ0n) is 13.9. The lowest BCUT2D eigenvalue weighted by Gasteiger charge is -2.18. The summed E-state index contributed by atoms with van der Waals surface area (Å²) in [5.41, 5.74) is 4.59. The number of hydrogen-bond donors (Lipinski definition) is 2. The van der Waals surface area contributed by atoms with Crippen molar-refractivity contribution in [2.75, 3.05) is 20.3 Å². The van der Waals surface area contributed by atoms with E-state index in [1.807, 2.05) is 25.4 Å². The van der Waals surface area contributed by atoms with Gasteiger partial charge in [-0.15, -0.1) is 0 Å². The third-order valence-electron chi connectivity index (χ3n) is 4.51. The fraction of sp³-hybridized carbons (Fsp3) is 0.529. The number of rotatable bonds is 6. The first kappa shape index (κ1) is 16.0. The third kappa shape index (κ3) is 3.54. The van der Waals surface area contributed by atoms with E-state index in [2.05, 4.69) is 27.4 Å². The van der Waals surface area contributed by atoms with E-state index in [1.54, 1.807) is 7.11 Å². The van der Waals surface area contributed by atoms with Crippen molar-refractivity contribution in [3.8, 4) is 5.88 Å². The molecular weight excluding hydrogens is 292 g/mol. The van der Waals surface area contributed by atoms with E-state index in [0.717, 1.165) is 37.4 Å². The highest BCUT2D eigenvalue weighted by Crippen LogP contribution is 2.33. The van der Waals surface area contributed by atoms with Gasteiger partial charge in [0.2, 0.25) is 5.88 Å². The van der Waals surface area contributed by atoms with Gasteiger partial charge in [-0.25, -0.2) is 4.98 Å². The second-order valence-corrected chi connectivity index (χ2v) is 6.05. The molecule has 1 aliphatic rings. The Morgan fingerprint density at radius 2 is 2.30 bits per heavy atom. The van der Waals surface area contributed by atoms with Gasteiger partial charge in [0.25, 0.3) is 0 Å². The summed E-state index contributed by atoms with van der Waals surface area (Å²) in [6, 6.07) is 1.98. The predicted octanol–water partition coefficient (Wildman–Crippen LogP) is 2.30. The average molecular weight is 316 g/mol. The van der Waals surface area contributed by atoms with Crippen LogP contribution in [0.15, 0.2) is 18.5 Å². The Morgan fingerprint density at radius 1 is 1.43 bits per heavy atom. The molecule has 1 aliphatic heterocycles. The third-order valence-corrected chi connectivity index (χ3v) is 4.51. The summed E-state index contributed by atoms with van der Waals surface area (Å²) in [6.45, 7) is 6.66. The number of nitrogens with zero attached hydrogens (tertiary/aromatic N) is 2. The van der Waals surface area contributed by atoms with Crippen LogP contribution in [0, 0.1) is 19.8 Å². The van der Waals surface area contributed by atoms with Crippen LogP contribution in [0.2, 0.25) is 0 Å². The van der Waals surface area contributed by atoms with Crippen molar-refractivity contribution in [2.24, 2.45) is 5.92 Å². The highest BCUT2D eigenvalue weighted by molar-refractivity contribution is 5.33. The zero-order chi connectivity index (χ0) is 16.2. The fourth-order valence-electron chi connectivity index (χ4n) is 3.20. The van der Waals surface area contributed by atoms with Crippen molar-refractivity contribution in [3.63, 3.8) is 0 Å². The summed E-state index contributed by atoms with van der Waals surface area (Å²) in [5.74, 6) is 1.15. The Morgan fingerprint density at radius 3 is 3.00 bits per heavy atom. The SMILES string of the molecule is COc1cc(C)c(CNC[C@H]2CCO[C@@H]2c2cn[nH]c2)c(C)n1. The number of methoxy groups -OCH3 is 1. The van der Waals surface area contributed by atoms with E-state index >= 15 is 0 Å². The van der Waals surface area contributed by atoms with E-state index in [0.29, 0.717) is 11.8 Å². The molecule has 0 unspecified atom stereocenters. The Balaban J connectivity index is 1.59. The van der Waals surface area contributed by atoms with Gasteiger partial charge in [-0.1, -0.05) is 0 Å². The molecule has 0 amide bonds. The molecule has 2 N–H and O–H groups in total. The standard InChI is InChI=1S/C17H24N4O2/c1-11-6-16(22-3)21-12(2)15(11)10-18-7-13-4-5-23-17(13)14-8-19-20-9-14/h6,8-9,13,17-18H,4-5,7,10H2,1-3H3,(H,19,20)/t13-,17+/m1/s1. The molecule has 2 aromatic rings. The maximum atomic E-state index is 5.86. The molecule has 3 heterocycles. The molecule has 0 aliphatic carbocycles. The van der Waals surface area contributed by atoms with Gasteiger partial charge < -0.3 is 14.8 Å². The lowest BCUT2D eigenvalue weighted by Crippen LogP contribution is -2.25. The molecule has 2 aromatic heterocycles. The van der Waals surface area contributed by atoms with Crippen LogP contribution in [0.1, 0.15) is 34.9 Å². The summed E-state index contributed by atoms with van der Waals surface area (Å²) in [7, 11) is 1.65. The van der Waals surface area contributed by atoms with Gasteiger partial charge in [-0.3, -0.25) is 5.10 Å². The molecule has 0 bridgehead atoms. The summed E-state index contributed by atoms with van der Waals surface area (Å²) in [4.78, 5) is 4.46. The Hall–Kier alpha value is -1.92. The van der Waals surface area contributed by atoms with Gasteiger partial charge >= 0.3 is 0 Å².